The van der Waals surface area contributed by atoms with E-state index in [1.54, 1.807) is 0 Å². The molecule has 86 valence electrons. The van der Waals surface area contributed by atoms with E-state index in [0.29, 0.717) is 13.0 Å². The van der Waals surface area contributed by atoms with Crippen LogP contribution >= 0.6 is 0 Å². The van der Waals surface area contributed by atoms with E-state index >= 15 is 0 Å². The van der Waals surface area contributed by atoms with Gasteiger partial charge in [0.2, 0.25) is 0 Å². The van der Waals surface area contributed by atoms with Gasteiger partial charge in [-0.25, -0.2) is 9.18 Å². The molecule has 4 nitrogen and oxygen atoms in total. The molecule has 1 rings (SSSR count). The molecule has 5 heteroatoms. The Bertz CT molecular complexity index is 272. The topological polar surface area (TPSA) is 57.6 Å². The Morgan fingerprint density at radius 2 is 2.00 bits per heavy atom. The maximum atomic E-state index is 13.4. The molecular weight excluding hydrogens is 201 g/mol. The van der Waals surface area contributed by atoms with Gasteiger partial charge >= 0.3 is 5.97 Å². The summed E-state index contributed by atoms with van der Waals surface area (Å²) in [6.45, 7) is 2.65. The number of alkyl halides is 1. The quantitative estimate of drug-likeness (QED) is 0.756. The number of hydrogen-bond donors (Lipinski definition) is 1. The number of halogens is 1. The largest absolute Gasteiger partial charge is 0.480 e. The van der Waals surface area contributed by atoms with Gasteiger partial charge in [0.1, 0.15) is 6.04 Å². The number of aliphatic carboxylic acids is 1. The molecule has 1 fully saturated rings. The minimum Gasteiger partial charge on any atom is -0.480 e. The summed E-state index contributed by atoms with van der Waals surface area (Å²) in [6, 6.07) is -0.860. The highest BCUT2D eigenvalue weighted by Gasteiger charge is 2.39. The third kappa shape index (κ3) is 2.67. The molecule has 1 saturated heterocycles. The number of carboxylic acid groups (broad SMARTS) is 1. The average molecular weight is 217 g/mol. The molecule has 15 heavy (non-hydrogen) atoms. The van der Waals surface area contributed by atoms with Gasteiger partial charge in [0.05, 0.1) is 0 Å². The van der Waals surface area contributed by atoms with Crippen LogP contribution < -0.4 is 0 Å². The second-order valence-electron chi connectivity index (χ2n) is 4.32. The van der Waals surface area contributed by atoms with Crippen LogP contribution in [-0.4, -0.2) is 40.1 Å². The van der Waals surface area contributed by atoms with Crippen LogP contribution in [0.5, 0.6) is 0 Å². The number of carbonyl (C=O) groups excluding carboxylic acids is 1. The van der Waals surface area contributed by atoms with Gasteiger partial charge in [-0.05, 0) is 33.1 Å². The van der Waals surface area contributed by atoms with Crippen LogP contribution in [0.15, 0.2) is 0 Å². The number of piperidine rings is 1. The Morgan fingerprint density at radius 3 is 2.47 bits per heavy atom. The van der Waals surface area contributed by atoms with Crippen LogP contribution in [0, 0.1) is 0 Å². The first-order chi connectivity index (χ1) is 6.84. The number of likely N-dealkylation sites (tertiary alicyclic amines) is 1. The van der Waals surface area contributed by atoms with Crippen molar-refractivity contribution in [3.8, 4) is 0 Å². The third-order valence-corrected chi connectivity index (χ3v) is 2.56. The van der Waals surface area contributed by atoms with Gasteiger partial charge in [0, 0.05) is 6.54 Å². The molecule has 1 heterocycles. The Hall–Kier alpha value is -1.13. The van der Waals surface area contributed by atoms with Crippen molar-refractivity contribution in [1.82, 2.24) is 4.90 Å². The predicted molar refractivity (Wildman–Crippen MR) is 52.2 cm³/mol. The smallest absolute Gasteiger partial charge is 0.326 e. The molecule has 0 aromatic heterocycles. The van der Waals surface area contributed by atoms with E-state index in [2.05, 4.69) is 0 Å². The molecule has 0 aliphatic carbocycles. The van der Waals surface area contributed by atoms with Crippen LogP contribution in [0.1, 0.15) is 33.1 Å². The van der Waals surface area contributed by atoms with Gasteiger partial charge in [0.25, 0.3) is 5.91 Å². The highest BCUT2D eigenvalue weighted by atomic mass is 19.1. The van der Waals surface area contributed by atoms with Gasteiger partial charge in [-0.2, -0.15) is 0 Å². The highest BCUT2D eigenvalue weighted by Crippen LogP contribution is 2.22. The fourth-order valence-corrected chi connectivity index (χ4v) is 1.77. The lowest BCUT2D eigenvalue weighted by molar-refractivity contribution is -0.157. The number of carboxylic acids is 1. The number of amides is 1. The lowest BCUT2D eigenvalue weighted by Crippen LogP contribution is -2.53. The van der Waals surface area contributed by atoms with Crippen LogP contribution in [0.2, 0.25) is 0 Å². The molecule has 0 unspecified atom stereocenters. The summed E-state index contributed by atoms with van der Waals surface area (Å²) in [5.41, 5.74) is -2.00. The summed E-state index contributed by atoms with van der Waals surface area (Å²) in [5, 5.41) is 8.91. The second-order valence-corrected chi connectivity index (χ2v) is 4.32. The maximum absolute atomic E-state index is 13.4. The van der Waals surface area contributed by atoms with Crippen molar-refractivity contribution < 1.29 is 19.1 Å². The molecule has 1 N–H and O–H groups in total. The predicted octanol–water partition coefficient (Wildman–Crippen LogP) is 1.20. The van der Waals surface area contributed by atoms with Crippen molar-refractivity contribution in [1.29, 1.82) is 0 Å². The monoisotopic (exact) mass is 217 g/mol. The fourth-order valence-electron chi connectivity index (χ4n) is 1.77. The SMILES string of the molecule is CC(C)(F)C(=O)N1CCCC[C@H]1C(=O)O. The highest BCUT2D eigenvalue weighted by molar-refractivity contribution is 5.88. The van der Waals surface area contributed by atoms with E-state index in [4.69, 9.17) is 5.11 Å². The molecule has 0 bridgehead atoms. The molecule has 0 saturated carbocycles. The Labute approximate surface area is 88.1 Å². The van der Waals surface area contributed by atoms with Crippen LogP contribution in [0.25, 0.3) is 0 Å². The first kappa shape index (κ1) is 11.9. The van der Waals surface area contributed by atoms with Crippen molar-refractivity contribution in [2.45, 2.75) is 44.8 Å². The summed E-state index contributed by atoms with van der Waals surface area (Å²) in [7, 11) is 0. The summed E-state index contributed by atoms with van der Waals surface area (Å²) >= 11 is 0. The molecule has 1 aliphatic rings. The van der Waals surface area contributed by atoms with Crippen molar-refractivity contribution in [2.24, 2.45) is 0 Å². The Balaban J connectivity index is 2.81. The zero-order valence-corrected chi connectivity index (χ0v) is 8.99. The first-order valence-electron chi connectivity index (χ1n) is 5.07. The standard InChI is InChI=1S/C10H16FNO3/c1-10(2,11)9(15)12-6-4-3-5-7(12)8(13)14/h7H,3-6H2,1-2H3,(H,13,14)/t7-/m0/s1. The lowest BCUT2D eigenvalue weighted by atomic mass is 9.99. The lowest BCUT2D eigenvalue weighted by Gasteiger charge is -2.35. The number of carbonyl (C=O) groups is 2. The van der Waals surface area contributed by atoms with Crippen molar-refractivity contribution in [2.75, 3.05) is 6.54 Å². The molecule has 0 aromatic rings. The van der Waals surface area contributed by atoms with Crippen LogP contribution in [-0.2, 0) is 9.59 Å². The average Bonchev–Trinajstić information content (AvgIpc) is 2.15. The van der Waals surface area contributed by atoms with E-state index in [-0.39, 0.29) is 0 Å². The van der Waals surface area contributed by atoms with E-state index in [0.717, 1.165) is 31.6 Å². The van der Waals surface area contributed by atoms with Gasteiger partial charge in [-0.1, -0.05) is 0 Å². The summed E-state index contributed by atoms with van der Waals surface area (Å²) in [6.07, 6.45) is 1.93. The van der Waals surface area contributed by atoms with E-state index in [1.807, 2.05) is 0 Å². The molecule has 0 radical (unpaired) electrons. The maximum Gasteiger partial charge on any atom is 0.326 e. The minimum absolute atomic E-state index is 0.336. The third-order valence-electron chi connectivity index (χ3n) is 2.56. The molecule has 0 spiro atoms. The van der Waals surface area contributed by atoms with Crippen LogP contribution in [0.3, 0.4) is 0 Å². The van der Waals surface area contributed by atoms with Gasteiger partial charge in [-0.3, -0.25) is 4.79 Å². The molecule has 1 amide bonds. The minimum atomic E-state index is -2.00. The van der Waals surface area contributed by atoms with Gasteiger partial charge in [-0.15, -0.1) is 0 Å². The molecule has 0 aromatic carbocycles. The Morgan fingerprint density at radius 1 is 1.40 bits per heavy atom. The normalized spacial score (nSPS) is 22.6. The fraction of sp³-hybridized carbons (Fsp3) is 0.800. The number of rotatable bonds is 2. The van der Waals surface area contributed by atoms with E-state index < -0.39 is 23.6 Å². The van der Waals surface area contributed by atoms with Crippen molar-refractivity contribution in [3.05, 3.63) is 0 Å². The first-order valence-corrected chi connectivity index (χ1v) is 5.07. The van der Waals surface area contributed by atoms with Gasteiger partial charge < -0.3 is 10.0 Å². The Kier molecular flexibility index (Phi) is 3.31. The molecular formula is C10H16FNO3. The summed E-state index contributed by atoms with van der Waals surface area (Å²) in [4.78, 5) is 23.6. The van der Waals surface area contributed by atoms with Gasteiger partial charge in [0.15, 0.2) is 5.67 Å². The zero-order chi connectivity index (χ0) is 11.6. The summed E-state index contributed by atoms with van der Waals surface area (Å²) in [5.74, 6) is -1.78. The number of nitrogens with zero attached hydrogens (tertiary/aromatic N) is 1. The summed E-state index contributed by atoms with van der Waals surface area (Å²) < 4.78 is 13.4. The van der Waals surface area contributed by atoms with Crippen molar-refractivity contribution >= 4 is 11.9 Å². The second kappa shape index (κ2) is 4.16. The van der Waals surface area contributed by atoms with E-state index in [9.17, 15) is 14.0 Å². The van der Waals surface area contributed by atoms with Crippen LogP contribution in [0.4, 0.5) is 4.39 Å². The molecule has 1 aliphatic heterocycles. The van der Waals surface area contributed by atoms with E-state index in [1.165, 1.54) is 0 Å². The zero-order valence-electron chi connectivity index (χ0n) is 8.99. The number of hydrogen-bond acceptors (Lipinski definition) is 2. The van der Waals surface area contributed by atoms with Crippen molar-refractivity contribution in [3.63, 3.8) is 0 Å². The molecule has 1 atom stereocenters.